The Morgan fingerprint density at radius 1 is 0.882 bits per heavy atom. The maximum atomic E-state index is 6.25. The van der Waals surface area contributed by atoms with Gasteiger partial charge in [0.1, 0.15) is 0 Å². The van der Waals surface area contributed by atoms with Gasteiger partial charge in [-0.25, -0.2) is 0 Å². The maximum absolute atomic E-state index is 6.25. The van der Waals surface area contributed by atoms with Crippen LogP contribution in [0.1, 0.15) is 11.1 Å². The predicted octanol–water partition coefficient (Wildman–Crippen LogP) is 2.85. The van der Waals surface area contributed by atoms with E-state index in [-0.39, 0.29) is 19.8 Å². The van der Waals surface area contributed by atoms with Crippen molar-refractivity contribution < 1.29 is 19.8 Å². The molecule has 17 heavy (non-hydrogen) atoms. The molecule has 0 aromatic carbocycles. The molecule has 0 N–H and O–H groups in total. The van der Waals surface area contributed by atoms with E-state index in [4.69, 9.17) is 11.8 Å². The molecule has 0 atom stereocenters. The molecule has 0 bridgehead atoms. The van der Waals surface area contributed by atoms with Crippen LogP contribution in [0.4, 0.5) is 0 Å². The van der Waals surface area contributed by atoms with Crippen molar-refractivity contribution in [2.24, 2.45) is 0 Å². The number of aromatic nitrogens is 2. The van der Waals surface area contributed by atoms with Crippen molar-refractivity contribution in [3.8, 4) is 11.4 Å². The van der Waals surface area contributed by atoms with Crippen molar-refractivity contribution in [1.29, 1.82) is 5.26 Å². The smallest absolute Gasteiger partial charge is 0.512 e. The molecule has 0 aliphatic carbocycles. The summed E-state index contributed by atoms with van der Waals surface area (Å²) in [5.41, 5.74) is 4.29. The van der Waals surface area contributed by atoms with Crippen LogP contribution in [0, 0.1) is 25.7 Å². The molecule has 0 spiro atoms. The second kappa shape index (κ2) is 7.66. The normalized spacial score (nSPS) is 8.47. The van der Waals surface area contributed by atoms with E-state index in [0.717, 1.165) is 11.4 Å². The van der Waals surface area contributed by atoms with Gasteiger partial charge in [0.15, 0.2) is 0 Å². The third-order valence-corrected chi connectivity index (χ3v) is 2.09. The molecule has 0 amide bonds. The Balaban J connectivity index is 0.000000811. The van der Waals surface area contributed by atoms with E-state index >= 15 is 0 Å². The monoisotopic (exact) mass is 402 g/mol. The van der Waals surface area contributed by atoms with Crippen molar-refractivity contribution in [3.63, 3.8) is 0 Å². The Labute approximate surface area is 115 Å². The third kappa shape index (κ3) is 4.43. The zero-order valence-electron chi connectivity index (χ0n) is 9.66. The molecule has 0 radical (unpaired) electrons. The molecule has 84 valence electrons. The number of pyridine rings is 2. The Kier molecular flexibility index (Phi) is 6.95. The van der Waals surface area contributed by atoms with Crippen molar-refractivity contribution in [3.05, 3.63) is 54.4 Å². The Morgan fingerprint density at radius 2 is 1.24 bits per heavy atom. The van der Waals surface area contributed by atoms with Crippen LogP contribution in [0.5, 0.6) is 0 Å². The molecule has 0 saturated carbocycles. The third-order valence-electron chi connectivity index (χ3n) is 2.09. The van der Waals surface area contributed by atoms with E-state index in [0.29, 0.717) is 0 Å². The van der Waals surface area contributed by atoms with Crippen LogP contribution in [-0.2, 0) is 19.8 Å². The minimum atomic E-state index is 0. The number of rotatable bonds is 1. The average Bonchev–Trinajstić information content (AvgIpc) is 2.32. The quantitative estimate of drug-likeness (QED) is 0.692. The van der Waals surface area contributed by atoms with Crippen molar-refractivity contribution >= 4 is 0 Å². The van der Waals surface area contributed by atoms with Crippen LogP contribution < -0.4 is 0 Å². The van der Waals surface area contributed by atoms with E-state index in [1.165, 1.54) is 11.1 Å². The summed E-state index contributed by atoms with van der Waals surface area (Å²) in [5, 5.41) is 6.25. The fourth-order valence-corrected chi connectivity index (χ4v) is 1.35. The van der Waals surface area contributed by atoms with Crippen LogP contribution in [0.3, 0.4) is 0 Å². The van der Waals surface area contributed by atoms with Gasteiger partial charge in [-0.15, -0.1) is 0 Å². The summed E-state index contributed by atoms with van der Waals surface area (Å²) in [4.78, 5) is 8.58. The summed E-state index contributed by atoms with van der Waals surface area (Å²) in [7, 11) is 0. The van der Waals surface area contributed by atoms with Crippen LogP contribution in [0.2, 0.25) is 0 Å². The first-order chi connectivity index (χ1) is 7.75. The molecule has 2 rings (SSSR count). The van der Waals surface area contributed by atoms with Crippen molar-refractivity contribution in [2.75, 3.05) is 0 Å². The predicted molar refractivity (Wildman–Crippen MR) is 61.9 cm³/mol. The standard InChI is InChI=1S/C12H12N2.CN.Os/c1-9-3-5-13-11(7-9)12-8-10(2)4-6-14-12;1-2;/h3-8H,1-2H3;;/q;-1;+4. The molecule has 0 saturated heterocycles. The fraction of sp³-hybridized carbons (Fsp3) is 0.154. The molecule has 2 aromatic heterocycles. The topological polar surface area (TPSA) is 49.6 Å². The first-order valence-electron chi connectivity index (χ1n) is 4.84. The van der Waals surface area contributed by atoms with Gasteiger partial charge in [0, 0.05) is 12.4 Å². The first kappa shape index (κ1) is 15.4. The summed E-state index contributed by atoms with van der Waals surface area (Å²) in [6, 6.07) is 8.06. The SMILES string of the molecule is Cc1ccnc(-c2cc(C)ccn2)c1.[C-]#N.[Os+4]. The molecule has 3 nitrogen and oxygen atoms in total. The Morgan fingerprint density at radius 3 is 1.53 bits per heavy atom. The van der Waals surface area contributed by atoms with Crippen molar-refractivity contribution in [2.45, 2.75) is 13.8 Å². The zero-order valence-corrected chi connectivity index (χ0v) is 12.2. The summed E-state index contributed by atoms with van der Waals surface area (Å²) in [5.74, 6) is 0. The number of nitrogens with zero attached hydrogens (tertiary/aromatic N) is 3. The van der Waals surface area contributed by atoms with Gasteiger partial charge in [0.25, 0.3) is 0 Å². The Hall–Kier alpha value is -1.57. The van der Waals surface area contributed by atoms with Gasteiger partial charge < -0.3 is 11.8 Å². The van der Waals surface area contributed by atoms with Gasteiger partial charge in [0.2, 0.25) is 0 Å². The van der Waals surface area contributed by atoms with E-state index in [1.807, 2.05) is 36.7 Å². The maximum Gasteiger partial charge on any atom is 4.00 e. The van der Waals surface area contributed by atoms with Gasteiger partial charge >= 0.3 is 19.8 Å². The van der Waals surface area contributed by atoms with Gasteiger partial charge in [-0.3, -0.25) is 9.97 Å². The fourth-order valence-electron chi connectivity index (χ4n) is 1.35. The number of hydrogen-bond donors (Lipinski definition) is 0. The molecular formula is C13H12N3Os+3. The number of hydrogen-bond acceptors (Lipinski definition) is 3. The summed E-state index contributed by atoms with van der Waals surface area (Å²) < 4.78 is 0. The van der Waals surface area contributed by atoms with E-state index < -0.39 is 0 Å². The van der Waals surface area contributed by atoms with Gasteiger partial charge in [-0.05, 0) is 49.2 Å². The molecule has 2 aromatic rings. The van der Waals surface area contributed by atoms with Gasteiger partial charge in [-0.1, -0.05) is 0 Å². The second-order valence-electron chi connectivity index (χ2n) is 3.44. The van der Waals surface area contributed by atoms with E-state index in [1.54, 1.807) is 0 Å². The largest absolute Gasteiger partial charge is 4.00 e. The van der Waals surface area contributed by atoms with Gasteiger partial charge in [0.05, 0.1) is 11.4 Å². The summed E-state index contributed by atoms with van der Waals surface area (Å²) >= 11 is 0. The summed E-state index contributed by atoms with van der Waals surface area (Å²) in [6.45, 7) is 8.86. The molecule has 4 heteroatoms. The average molecular weight is 400 g/mol. The van der Waals surface area contributed by atoms with E-state index in [2.05, 4.69) is 23.8 Å². The van der Waals surface area contributed by atoms with E-state index in [9.17, 15) is 0 Å². The molecule has 0 unspecified atom stereocenters. The van der Waals surface area contributed by atoms with Crippen LogP contribution >= 0.6 is 0 Å². The van der Waals surface area contributed by atoms with Crippen LogP contribution in [-0.4, -0.2) is 9.97 Å². The first-order valence-corrected chi connectivity index (χ1v) is 4.84. The molecule has 2 heterocycles. The van der Waals surface area contributed by atoms with Crippen LogP contribution in [0.25, 0.3) is 11.4 Å². The summed E-state index contributed by atoms with van der Waals surface area (Å²) in [6.07, 6.45) is 3.63. The van der Waals surface area contributed by atoms with Gasteiger partial charge in [-0.2, -0.15) is 0 Å². The zero-order chi connectivity index (χ0) is 12.0. The molecule has 0 fully saturated rings. The molecule has 0 aliphatic rings. The molecular weight excluding hydrogens is 388 g/mol. The van der Waals surface area contributed by atoms with Crippen LogP contribution in [0.15, 0.2) is 36.7 Å². The Bertz CT molecular complexity index is 451. The minimum absolute atomic E-state index is 0. The minimum Gasteiger partial charge on any atom is -0.512 e. The molecule has 0 aliphatic heterocycles. The van der Waals surface area contributed by atoms with Crippen molar-refractivity contribution in [1.82, 2.24) is 9.97 Å². The number of aryl methyl sites for hydroxylation is 2. The second-order valence-corrected chi connectivity index (χ2v) is 3.44.